The van der Waals surface area contributed by atoms with Crippen molar-refractivity contribution in [3.05, 3.63) is 89.0 Å². The molecule has 6 heteroatoms. The highest BCUT2D eigenvalue weighted by Gasteiger charge is 2.36. The van der Waals surface area contributed by atoms with Gasteiger partial charge >= 0.3 is 0 Å². The molecule has 28 heavy (non-hydrogen) atoms. The normalized spacial score (nSPS) is 16.4. The van der Waals surface area contributed by atoms with E-state index in [4.69, 9.17) is 4.42 Å². The zero-order chi connectivity index (χ0) is 19.3. The third-order valence-electron chi connectivity index (χ3n) is 5.43. The van der Waals surface area contributed by atoms with Gasteiger partial charge in [0.15, 0.2) is 12.1 Å². The van der Waals surface area contributed by atoms with Crippen LogP contribution < -0.4 is 0 Å². The zero-order valence-corrected chi connectivity index (χ0v) is 15.3. The summed E-state index contributed by atoms with van der Waals surface area (Å²) in [6, 6.07) is 14.1. The van der Waals surface area contributed by atoms with Crippen LogP contribution in [0.25, 0.3) is 10.9 Å². The van der Waals surface area contributed by atoms with Gasteiger partial charge in [-0.25, -0.2) is 9.37 Å². The highest BCUT2D eigenvalue weighted by molar-refractivity contribution is 5.94. The predicted octanol–water partition coefficient (Wildman–Crippen LogP) is 4.39. The van der Waals surface area contributed by atoms with E-state index in [1.54, 1.807) is 24.0 Å². The number of benzene rings is 2. The minimum Gasteiger partial charge on any atom is -0.448 e. The number of aryl methyl sites for hydroxylation is 1. The molecule has 140 valence electrons. The Labute approximate surface area is 160 Å². The monoisotopic (exact) mass is 375 g/mol. The van der Waals surface area contributed by atoms with Crippen molar-refractivity contribution in [3.8, 4) is 0 Å². The van der Waals surface area contributed by atoms with Gasteiger partial charge in [-0.2, -0.15) is 0 Å². The Morgan fingerprint density at radius 1 is 1.21 bits per heavy atom. The number of H-pyrrole nitrogens is 1. The third-order valence-corrected chi connectivity index (χ3v) is 5.43. The van der Waals surface area contributed by atoms with Gasteiger partial charge in [-0.05, 0) is 42.7 Å². The lowest BCUT2D eigenvalue weighted by atomic mass is 9.92. The van der Waals surface area contributed by atoms with Gasteiger partial charge in [0.1, 0.15) is 11.6 Å². The van der Waals surface area contributed by atoms with Crippen LogP contribution in [0.3, 0.4) is 0 Å². The fourth-order valence-corrected chi connectivity index (χ4v) is 4.10. The number of nitrogens with zero attached hydrogens (tertiary/aromatic N) is 2. The lowest BCUT2D eigenvalue weighted by Gasteiger charge is -2.36. The molecule has 1 atom stereocenters. The summed E-state index contributed by atoms with van der Waals surface area (Å²) in [6.45, 7) is 2.27. The van der Waals surface area contributed by atoms with Crippen LogP contribution in [0.15, 0.2) is 59.3 Å². The Morgan fingerprint density at radius 2 is 2.00 bits per heavy atom. The highest BCUT2D eigenvalue weighted by Crippen LogP contribution is 2.39. The molecule has 0 spiro atoms. The largest absolute Gasteiger partial charge is 0.448 e. The minimum absolute atomic E-state index is 0.190. The average Bonchev–Trinajstić information content (AvgIpc) is 3.30. The van der Waals surface area contributed by atoms with Gasteiger partial charge in [0.05, 0.1) is 6.04 Å². The molecular weight excluding hydrogens is 357 g/mol. The van der Waals surface area contributed by atoms with E-state index >= 15 is 0 Å². The second kappa shape index (κ2) is 6.34. The van der Waals surface area contributed by atoms with Crippen molar-refractivity contribution in [2.45, 2.75) is 19.4 Å². The number of carbonyl (C=O) groups excluding carboxylic acids is 1. The molecule has 4 aromatic rings. The van der Waals surface area contributed by atoms with Crippen LogP contribution in [0.2, 0.25) is 0 Å². The molecule has 0 saturated carbocycles. The maximum Gasteiger partial charge on any atom is 0.276 e. The molecule has 1 aliphatic rings. The Balaban J connectivity index is 1.68. The molecule has 0 saturated heterocycles. The number of aromatic nitrogens is 2. The number of nitrogens with one attached hydrogen (secondary N) is 1. The molecule has 2 aromatic carbocycles. The number of rotatable bonds is 2. The van der Waals surface area contributed by atoms with Gasteiger partial charge < -0.3 is 14.3 Å². The van der Waals surface area contributed by atoms with E-state index in [2.05, 4.69) is 16.0 Å². The van der Waals surface area contributed by atoms with Gasteiger partial charge in [0.2, 0.25) is 0 Å². The van der Waals surface area contributed by atoms with Crippen molar-refractivity contribution in [1.82, 2.24) is 14.9 Å². The third kappa shape index (κ3) is 2.52. The molecule has 0 radical (unpaired) electrons. The number of hydrogen-bond acceptors (Lipinski definition) is 3. The van der Waals surface area contributed by atoms with Crippen LogP contribution in [0.1, 0.15) is 39.1 Å². The number of oxazole rings is 1. The summed E-state index contributed by atoms with van der Waals surface area (Å²) in [7, 11) is 0. The maximum atomic E-state index is 13.5. The average molecular weight is 375 g/mol. The Morgan fingerprint density at radius 3 is 2.75 bits per heavy atom. The number of aromatic amines is 1. The molecule has 2 aromatic heterocycles. The zero-order valence-electron chi connectivity index (χ0n) is 15.3. The van der Waals surface area contributed by atoms with E-state index in [0.29, 0.717) is 18.0 Å². The second-order valence-electron chi connectivity index (χ2n) is 7.02. The summed E-state index contributed by atoms with van der Waals surface area (Å²) >= 11 is 0. The summed E-state index contributed by atoms with van der Waals surface area (Å²) in [5, 5.41) is 1.16. The van der Waals surface area contributed by atoms with E-state index in [9.17, 15) is 9.18 Å². The topological polar surface area (TPSA) is 62.1 Å². The van der Waals surface area contributed by atoms with E-state index in [-0.39, 0.29) is 17.8 Å². The van der Waals surface area contributed by atoms with Gasteiger partial charge in [0.25, 0.3) is 5.91 Å². The van der Waals surface area contributed by atoms with Crippen LogP contribution in [0.5, 0.6) is 0 Å². The molecule has 5 rings (SSSR count). The molecule has 0 unspecified atom stereocenters. The molecule has 3 heterocycles. The molecule has 0 bridgehead atoms. The van der Waals surface area contributed by atoms with Gasteiger partial charge in [0, 0.05) is 23.1 Å². The number of amides is 1. The van der Waals surface area contributed by atoms with Crippen LogP contribution >= 0.6 is 0 Å². The van der Waals surface area contributed by atoms with Crippen molar-refractivity contribution in [2.24, 2.45) is 0 Å². The lowest BCUT2D eigenvalue weighted by Crippen LogP contribution is -2.41. The van der Waals surface area contributed by atoms with Crippen LogP contribution in [0.4, 0.5) is 4.39 Å². The summed E-state index contributed by atoms with van der Waals surface area (Å²) in [5.41, 5.74) is 4.36. The standard InChI is InChI=1S/C22H18FN3O2/c1-13-19(24-12-28-13)22(27)26-11-10-17-16-4-2-3-5-18(16)25-20(17)21(26)14-6-8-15(23)9-7-14/h2-9,12,21,25H,10-11H2,1H3/t21-/m0/s1. The molecule has 5 nitrogen and oxygen atoms in total. The summed E-state index contributed by atoms with van der Waals surface area (Å²) < 4.78 is 18.8. The predicted molar refractivity (Wildman–Crippen MR) is 103 cm³/mol. The van der Waals surface area contributed by atoms with Crippen molar-refractivity contribution in [2.75, 3.05) is 6.54 Å². The highest BCUT2D eigenvalue weighted by atomic mass is 19.1. The first-order chi connectivity index (χ1) is 13.6. The summed E-state index contributed by atoms with van der Waals surface area (Å²) in [4.78, 5) is 22.7. The number of carbonyl (C=O) groups is 1. The van der Waals surface area contributed by atoms with Crippen molar-refractivity contribution in [1.29, 1.82) is 0 Å². The van der Waals surface area contributed by atoms with E-state index in [1.807, 2.05) is 18.2 Å². The van der Waals surface area contributed by atoms with Crippen molar-refractivity contribution in [3.63, 3.8) is 0 Å². The van der Waals surface area contributed by atoms with E-state index in [1.165, 1.54) is 24.1 Å². The number of halogens is 1. The molecular formula is C22H18FN3O2. The smallest absolute Gasteiger partial charge is 0.276 e. The minimum atomic E-state index is -0.347. The van der Waals surface area contributed by atoms with Crippen molar-refractivity contribution >= 4 is 16.8 Å². The molecule has 1 N–H and O–H groups in total. The first-order valence-corrected chi connectivity index (χ1v) is 9.19. The molecule has 0 fully saturated rings. The van der Waals surface area contributed by atoms with Crippen LogP contribution in [-0.2, 0) is 6.42 Å². The SMILES string of the molecule is Cc1ocnc1C(=O)N1CCc2c([nH]c3ccccc23)[C@@H]1c1ccc(F)cc1. The van der Waals surface area contributed by atoms with E-state index in [0.717, 1.165) is 28.6 Å². The quantitative estimate of drug-likeness (QED) is 0.565. The number of para-hydroxylation sites is 1. The Kier molecular flexibility index (Phi) is 3.79. The summed E-state index contributed by atoms with van der Waals surface area (Å²) in [6.07, 6.45) is 2.02. The Bertz CT molecular complexity index is 1180. The second-order valence-corrected chi connectivity index (χ2v) is 7.02. The number of hydrogen-bond donors (Lipinski definition) is 1. The lowest BCUT2D eigenvalue weighted by molar-refractivity contribution is 0.0685. The molecule has 0 aliphatic carbocycles. The fourth-order valence-electron chi connectivity index (χ4n) is 4.10. The Hall–Kier alpha value is -3.41. The van der Waals surface area contributed by atoms with Gasteiger partial charge in [-0.1, -0.05) is 30.3 Å². The van der Waals surface area contributed by atoms with E-state index < -0.39 is 0 Å². The molecule has 1 amide bonds. The molecule has 1 aliphatic heterocycles. The summed E-state index contributed by atoms with van der Waals surface area (Å²) in [5.74, 6) is -0.00293. The fraction of sp³-hybridized carbons (Fsp3) is 0.182. The van der Waals surface area contributed by atoms with Crippen LogP contribution in [-0.4, -0.2) is 27.3 Å². The maximum absolute atomic E-state index is 13.5. The number of fused-ring (bicyclic) bond motifs is 3. The van der Waals surface area contributed by atoms with Crippen LogP contribution in [0, 0.1) is 12.7 Å². The van der Waals surface area contributed by atoms with Crippen molar-refractivity contribution < 1.29 is 13.6 Å². The first kappa shape index (κ1) is 16.7. The van der Waals surface area contributed by atoms with Gasteiger partial charge in [-0.3, -0.25) is 4.79 Å². The van der Waals surface area contributed by atoms with Gasteiger partial charge in [-0.15, -0.1) is 0 Å². The first-order valence-electron chi connectivity index (χ1n) is 9.19.